The van der Waals surface area contributed by atoms with Gasteiger partial charge in [0.05, 0.1) is 10.6 Å². The third kappa shape index (κ3) is 2.66. The number of carbonyl (C=O) groups is 1. The minimum atomic E-state index is -1.05. The van der Waals surface area contributed by atoms with E-state index < -0.39 is 5.97 Å². The summed E-state index contributed by atoms with van der Waals surface area (Å²) in [7, 11) is 0. The molecule has 3 rings (SSSR count). The van der Waals surface area contributed by atoms with Crippen LogP contribution in [0.15, 0.2) is 54.7 Å². The molecule has 1 aromatic heterocycles. The maximum absolute atomic E-state index is 10.9. The topological polar surface area (TPSA) is 62.2 Å². The molecule has 0 aliphatic heterocycles. The van der Waals surface area contributed by atoms with Crippen LogP contribution in [0.3, 0.4) is 0 Å². The molecule has 0 radical (unpaired) electrons. The third-order valence-electron chi connectivity index (χ3n) is 3.14. The maximum Gasteiger partial charge on any atom is 0.337 e. The summed E-state index contributed by atoms with van der Waals surface area (Å²) in [5.41, 5.74) is 0.766. The highest BCUT2D eigenvalue weighted by Crippen LogP contribution is 2.27. The van der Waals surface area contributed by atoms with E-state index in [0.29, 0.717) is 11.5 Å². The molecule has 0 fully saturated rings. The van der Waals surface area contributed by atoms with Crippen molar-refractivity contribution in [2.24, 2.45) is 0 Å². The zero-order chi connectivity index (χ0) is 14.8. The monoisotopic (exact) mass is 298 g/mol. The molecule has 104 valence electrons. The van der Waals surface area contributed by atoms with Crippen LogP contribution in [-0.4, -0.2) is 16.1 Å². The number of hydrogen-bond donors (Lipinski definition) is 2. The van der Waals surface area contributed by atoms with E-state index in [-0.39, 0.29) is 10.6 Å². The summed E-state index contributed by atoms with van der Waals surface area (Å²) in [6.07, 6.45) is 1.72. The highest BCUT2D eigenvalue weighted by atomic mass is 35.5. The molecule has 0 saturated heterocycles. The number of aromatic nitrogens is 1. The van der Waals surface area contributed by atoms with Crippen molar-refractivity contribution in [1.29, 1.82) is 0 Å². The predicted octanol–water partition coefficient (Wildman–Crippen LogP) is 4.33. The number of halogens is 1. The molecule has 0 atom stereocenters. The van der Waals surface area contributed by atoms with Gasteiger partial charge in [0.2, 0.25) is 0 Å². The van der Waals surface area contributed by atoms with Crippen LogP contribution in [0, 0.1) is 0 Å². The Balaban J connectivity index is 1.99. The quantitative estimate of drug-likeness (QED) is 0.755. The number of carboxylic acid groups (broad SMARTS) is 1. The second kappa shape index (κ2) is 5.42. The van der Waals surface area contributed by atoms with E-state index in [0.717, 1.165) is 10.8 Å². The van der Waals surface area contributed by atoms with Crippen molar-refractivity contribution in [2.75, 3.05) is 5.32 Å². The van der Waals surface area contributed by atoms with Crippen molar-refractivity contribution < 1.29 is 9.90 Å². The molecule has 0 amide bonds. The van der Waals surface area contributed by atoms with E-state index >= 15 is 0 Å². The van der Waals surface area contributed by atoms with Crippen LogP contribution in [0.4, 0.5) is 11.5 Å². The Hall–Kier alpha value is -2.59. The van der Waals surface area contributed by atoms with E-state index in [1.807, 2.05) is 30.3 Å². The van der Waals surface area contributed by atoms with Gasteiger partial charge in [0.15, 0.2) is 0 Å². The van der Waals surface area contributed by atoms with Gasteiger partial charge in [0.25, 0.3) is 0 Å². The summed E-state index contributed by atoms with van der Waals surface area (Å²) < 4.78 is 0. The molecule has 1 heterocycles. The molecule has 4 nitrogen and oxygen atoms in total. The number of carboxylic acids is 1. The summed E-state index contributed by atoms with van der Waals surface area (Å²) >= 11 is 5.97. The highest BCUT2D eigenvalue weighted by Gasteiger charge is 2.09. The van der Waals surface area contributed by atoms with Gasteiger partial charge in [-0.15, -0.1) is 0 Å². The third-order valence-corrected chi connectivity index (χ3v) is 3.45. The SMILES string of the molecule is O=C(O)c1ccc(Nc2nccc3ccccc23)cc1Cl. The molecule has 0 aliphatic carbocycles. The predicted molar refractivity (Wildman–Crippen MR) is 83.4 cm³/mol. The van der Waals surface area contributed by atoms with Gasteiger partial charge in [-0.1, -0.05) is 35.9 Å². The summed E-state index contributed by atoms with van der Waals surface area (Å²) in [6, 6.07) is 14.5. The van der Waals surface area contributed by atoms with Crippen LogP contribution in [0.1, 0.15) is 10.4 Å². The number of aromatic carboxylic acids is 1. The lowest BCUT2D eigenvalue weighted by Gasteiger charge is -2.09. The van der Waals surface area contributed by atoms with Gasteiger partial charge in [-0.2, -0.15) is 0 Å². The Kier molecular flexibility index (Phi) is 3.46. The Bertz CT molecular complexity index is 828. The molecule has 0 bridgehead atoms. The van der Waals surface area contributed by atoms with Crippen LogP contribution < -0.4 is 5.32 Å². The molecule has 21 heavy (non-hydrogen) atoms. The lowest BCUT2D eigenvalue weighted by molar-refractivity contribution is 0.0697. The van der Waals surface area contributed by atoms with Crippen molar-refractivity contribution >= 4 is 39.8 Å². The van der Waals surface area contributed by atoms with Gasteiger partial charge < -0.3 is 10.4 Å². The number of hydrogen-bond acceptors (Lipinski definition) is 3. The maximum atomic E-state index is 10.9. The molecule has 0 unspecified atom stereocenters. The first kappa shape index (κ1) is 13.4. The molecule has 0 saturated carbocycles. The molecule has 2 aromatic carbocycles. The van der Waals surface area contributed by atoms with Crippen molar-refractivity contribution in [1.82, 2.24) is 4.98 Å². The second-order valence-electron chi connectivity index (χ2n) is 4.51. The number of anilines is 2. The van der Waals surface area contributed by atoms with Crippen LogP contribution in [0.25, 0.3) is 10.8 Å². The van der Waals surface area contributed by atoms with Crippen molar-refractivity contribution in [3.63, 3.8) is 0 Å². The fourth-order valence-corrected chi connectivity index (χ4v) is 2.38. The van der Waals surface area contributed by atoms with Gasteiger partial charge in [0.1, 0.15) is 5.82 Å². The van der Waals surface area contributed by atoms with Gasteiger partial charge in [-0.3, -0.25) is 0 Å². The molecule has 0 spiro atoms. The minimum Gasteiger partial charge on any atom is -0.478 e. The highest BCUT2D eigenvalue weighted by molar-refractivity contribution is 6.33. The Morgan fingerprint density at radius 1 is 1.14 bits per heavy atom. The van der Waals surface area contributed by atoms with Crippen molar-refractivity contribution in [2.45, 2.75) is 0 Å². The van der Waals surface area contributed by atoms with Crippen molar-refractivity contribution in [3.8, 4) is 0 Å². The van der Waals surface area contributed by atoms with Gasteiger partial charge in [0, 0.05) is 17.3 Å². The van der Waals surface area contributed by atoms with E-state index in [4.69, 9.17) is 16.7 Å². The first-order chi connectivity index (χ1) is 10.1. The minimum absolute atomic E-state index is 0.0769. The molecule has 5 heteroatoms. The molecule has 0 aliphatic rings. The molecule has 2 N–H and O–H groups in total. The number of nitrogens with one attached hydrogen (secondary N) is 1. The van der Waals surface area contributed by atoms with E-state index in [1.54, 1.807) is 18.3 Å². The Labute approximate surface area is 126 Å². The van der Waals surface area contributed by atoms with Crippen LogP contribution in [-0.2, 0) is 0 Å². The van der Waals surface area contributed by atoms with Gasteiger partial charge in [-0.05, 0) is 29.7 Å². The fraction of sp³-hybridized carbons (Fsp3) is 0. The molecular weight excluding hydrogens is 288 g/mol. The number of nitrogens with zero attached hydrogens (tertiary/aromatic N) is 1. The van der Waals surface area contributed by atoms with Gasteiger partial charge in [-0.25, -0.2) is 9.78 Å². The summed E-state index contributed by atoms with van der Waals surface area (Å²) in [5.74, 6) is -0.345. The smallest absolute Gasteiger partial charge is 0.337 e. The zero-order valence-corrected chi connectivity index (χ0v) is 11.6. The number of benzene rings is 2. The standard InChI is InChI=1S/C16H11ClN2O2/c17-14-9-11(5-6-13(14)16(20)21)19-15-12-4-2-1-3-10(12)7-8-18-15/h1-9H,(H,18,19)(H,20,21). The normalized spacial score (nSPS) is 10.5. The van der Waals surface area contributed by atoms with Crippen LogP contribution in [0.2, 0.25) is 5.02 Å². The number of pyridine rings is 1. The molecule has 3 aromatic rings. The number of fused-ring (bicyclic) bond motifs is 1. The Morgan fingerprint density at radius 2 is 1.95 bits per heavy atom. The summed E-state index contributed by atoms with van der Waals surface area (Å²) in [6.45, 7) is 0. The van der Waals surface area contributed by atoms with E-state index in [9.17, 15) is 4.79 Å². The van der Waals surface area contributed by atoms with Crippen LogP contribution in [0.5, 0.6) is 0 Å². The number of rotatable bonds is 3. The first-order valence-corrected chi connectivity index (χ1v) is 6.66. The second-order valence-corrected chi connectivity index (χ2v) is 4.91. The summed E-state index contributed by atoms with van der Waals surface area (Å²) in [4.78, 5) is 15.3. The lowest BCUT2D eigenvalue weighted by Crippen LogP contribution is -1.99. The van der Waals surface area contributed by atoms with E-state index in [1.165, 1.54) is 6.07 Å². The zero-order valence-electron chi connectivity index (χ0n) is 10.9. The average molecular weight is 299 g/mol. The lowest BCUT2D eigenvalue weighted by atomic mass is 10.1. The van der Waals surface area contributed by atoms with Gasteiger partial charge >= 0.3 is 5.97 Å². The molecular formula is C16H11ClN2O2. The first-order valence-electron chi connectivity index (χ1n) is 6.29. The Morgan fingerprint density at radius 3 is 2.71 bits per heavy atom. The van der Waals surface area contributed by atoms with E-state index in [2.05, 4.69) is 10.3 Å². The fourth-order valence-electron chi connectivity index (χ4n) is 2.12. The largest absolute Gasteiger partial charge is 0.478 e. The van der Waals surface area contributed by atoms with Crippen LogP contribution >= 0.6 is 11.6 Å². The summed E-state index contributed by atoms with van der Waals surface area (Å²) in [5, 5.41) is 14.4. The van der Waals surface area contributed by atoms with Crippen molar-refractivity contribution in [3.05, 3.63) is 65.3 Å². The average Bonchev–Trinajstić information content (AvgIpc) is 2.47.